The summed E-state index contributed by atoms with van der Waals surface area (Å²) >= 11 is 0. The first-order chi connectivity index (χ1) is 29.0. The number of benzene rings is 8. The monoisotopic (exact) mass is 951 g/mol. The summed E-state index contributed by atoms with van der Waals surface area (Å²) in [5, 5.41) is 8.02. The molecule has 0 fully saturated rings. The summed E-state index contributed by atoms with van der Waals surface area (Å²) in [4.78, 5) is 0. The van der Waals surface area contributed by atoms with Crippen LogP contribution in [-0.4, -0.2) is 9.52 Å². The molecule has 0 bridgehead atoms. The minimum Gasteiger partial charge on any atom is -1.00 e. The van der Waals surface area contributed by atoms with Gasteiger partial charge in [0, 0.05) is 5.92 Å². The quantitative estimate of drug-likeness (QED) is 0.0895. The number of allylic oxidation sites excluding steroid dienone is 1. The average Bonchev–Trinajstić information content (AvgIpc) is 3.81. The first-order valence-corrected chi connectivity index (χ1v) is 22.8. The normalized spacial score (nSPS) is 13.6. The van der Waals surface area contributed by atoms with Crippen LogP contribution < -0.4 is 35.2 Å². The second kappa shape index (κ2) is 19.8. The van der Waals surface area contributed by atoms with E-state index >= 15 is 0 Å². The molecule has 1 atom stereocenters. The Kier molecular flexibility index (Phi) is 15.2. The van der Waals surface area contributed by atoms with Crippen LogP contribution in [0.5, 0.6) is 0 Å². The zero-order chi connectivity index (χ0) is 41.6. The minimum atomic E-state index is -0.00600. The summed E-state index contributed by atoms with van der Waals surface area (Å²) in [6.07, 6.45) is 5.74. The van der Waals surface area contributed by atoms with Crippen LogP contribution in [0.1, 0.15) is 106 Å². The van der Waals surface area contributed by atoms with Crippen LogP contribution in [-0.2, 0) is 43.5 Å². The van der Waals surface area contributed by atoms with E-state index in [4.69, 9.17) is 0 Å². The van der Waals surface area contributed by atoms with Crippen molar-refractivity contribution in [2.24, 2.45) is 0 Å². The van der Waals surface area contributed by atoms with Crippen LogP contribution in [0.25, 0.3) is 49.9 Å². The Balaban J connectivity index is 0.000000355. The Labute approximate surface area is 410 Å². The minimum absolute atomic E-state index is 0. The fraction of sp³-hybridized carbons (Fsp3) is 0.220. The molecule has 2 aliphatic rings. The topological polar surface area (TPSA) is 0 Å². The number of fused-ring (bicyclic) bond motifs is 6. The molecule has 2 aliphatic carbocycles. The zero-order valence-electron chi connectivity index (χ0n) is 37.5. The van der Waals surface area contributed by atoms with Crippen molar-refractivity contribution >= 4 is 47.5 Å². The van der Waals surface area contributed by atoms with Crippen LogP contribution in [0.3, 0.4) is 0 Å². The second-order valence-corrected chi connectivity index (χ2v) is 20.2. The molecule has 313 valence electrons. The fourth-order valence-corrected chi connectivity index (χ4v) is 10.4. The van der Waals surface area contributed by atoms with Gasteiger partial charge in [-0.25, -0.2) is 0 Å². The molecule has 3 radical (unpaired) electrons. The van der Waals surface area contributed by atoms with Gasteiger partial charge in [0.05, 0.1) is 0 Å². The zero-order valence-corrected chi connectivity index (χ0v) is 42.5. The van der Waals surface area contributed by atoms with Crippen molar-refractivity contribution in [2.45, 2.75) is 84.5 Å². The predicted molar refractivity (Wildman–Crippen MR) is 260 cm³/mol. The van der Waals surface area contributed by atoms with E-state index in [0.717, 1.165) is 28.8 Å². The van der Waals surface area contributed by atoms with Gasteiger partial charge in [-0.1, -0.05) is 223 Å². The third kappa shape index (κ3) is 9.72. The van der Waals surface area contributed by atoms with Crippen LogP contribution in [0.15, 0.2) is 163 Å². The molecular weight excluding hydrogens is 899 g/mol. The Morgan fingerprint density at radius 1 is 0.587 bits per heavy atom. The van der Waals surface area contributed by atoms with Gasteiger partial charge in [0.2, 0.25) is 0 Å². The molecule has 0 aromatic heterocycles. The molecule has 8 aromatic carbocycles. The van der Waals surface area contributed by atoms with Gasteiger partial charge in [-0.3, -0.25) is 0 Å². The van der Waals surface area contributed by atoms with Crippen LogP contribution >= 0.6 is 0 Å². The van der Waals surface area contributed by atoms with Crippen molar-refractivity contribution in [1.82, 2.24) is 0 Å². The van der Waals surface area contributed by atoms with E-state index in [9.17, 15) is 0 Å². The molecule has 0 spiro atoms. The maximum absolute atomic E-state index is 4.11. The standard InChI is InChI=1S/C47H45.C12H10Si.2ClH.Zr/c1-8-14-32-25-40-37(19-13-20-38(40)45-35-17-11-9-15-29(35)23-30-16-10-12-18-36(30)45)44(32)43-28-34(47(5,6)7)27-42-39-26-33(46(2,3)4)22-21-31(39)24-41(42)43;1-3-7-11(8-4-1)13-12-9-5-2-6-10-12;;;/h9-13,15-23,25-27,44H,8,14,24H2,1-7H3;1-10H;2*1H;/q-1;;;;+3/p-2. The number of halogens is 2. The third-order valence-electron chi connectivity index (χ3n) is 12.5. The predicted octanol–water partition coefficient (Wildman–Crippen LogP) is 8.30. The van der Waals surface area contributed by atoms with E-state index in [-0.39, 0.29) is 67.8 Å². The molecule has 0 aliphatic heterocycles. The summed E-state index contributed by atoms with van der Waals surface area (Å²) in [6.45, 7) is 16.3. The largest absolute Gasteiger partial charge is 3.00 e. The molecule has 0 heterocycles. The van der Waals surface area contributed by atoms with E-state index < -0.39 is 0 Å². The maximum Gasteiger partial charge on any atom is 3.00 e. The van der Waals surface area contributed by atoms with Crippen molar-refractivity contribution in [2.75, 3.05) is 0 Å². The first kappa shape index (κ1) is 48.2. The number of rotatable bonds is 6. The molecule has 8 aromatic rings. The van der Waals surface area contributed by atoms with E-state index in [1.807, 2.05) is 0 Å². The molecule has 0 N–H and O–H groups in total. The molecule has 0 saturated carbocycles. The van der Waals surface area contributed by atoms with Gasteiger partial charge in [0.25, 0.3) is 0 Å². The van der Waals surface area contributed by atoms with Crippen LogP contribution in [0, 0.1) is 6.07 Å². The fourth-order valence-electron chi connectivity index (χ4n) is 9.39. The van der Waals surface area contributed by atoms with Gasteiger partial charge in [-0.15, -0.1) is 16.7 Å². The maximum atomic E-state index is 4.11. The van der Waals surface area contributed by atoms with Crippen molar-refractivity contribution in [3.05, 3.63) is 208 Å². The van der Waals surface area contributed by atoms with E-state index in [2.05, 4.69) is 218 Å². The molecular formula is C59H55Cl2SiZr. The summed E-state index contributed by atoms with van der Waals surface area (Å²) < 4.78 is 0. The van der Waals surface area contributed by atoms with Crippen molar-refractivity contribution in [1.29, 1.82) is 0 Å². The van der Waals surface area contributed by atoms with E-state index in [1.165, 1.54) is 98.7 Å². The van der Waals surface area contributed by atoms with Crippen LogP contribution in [0.2, 0.25) is 0 Å². The summed E-state index contributed by atoms with van der Waals surface area (Å²) in [6, 6.07) is 62.2. The van der Waals surface area contributed by atoms with E-state index in [0.29, 0.717) is 0 Å². The third-order valence-corrected chi connectivity index (χ3v) is 13.7. The summed E-state index contributed by atoms with van der Waals surface area (Å²) in [7, 11) is 0.777. The Morgan fingerprint density at radius 3 is 1.75 bits per heavy atom. The van der Waals surface area contributed by atoms with Gasteiger partial charge < -0.3 is 24.8 Å². The number of hydrogen-bond acceptors (Lipinski definition) is 0. The van der Waals surface area contributed by atoms with Gasteiger partial charge in [0.15, 0.2) is 0 Å². The molecule has 10 rings (SSSR count). The van der Waals surface area contributed by atoms with Gasteiger partial charge >= 0.3 is 26.2 Å². The van der Waals surface area contributed by atoms with Crippen molar-refractivity contribution in [3.63, 3.8) is 0 Å². The molecule has 1 unspecified atom stereocenters. The molecule has 4 heteroatoms. The van der Waals surface area contributed by atoms with Gasteiger partial charge in [-0.2, -0.15) is 17.7 Å². The second-order valence-electron chi connectivity index (χ2n) is 18.8. The average molecular weight is 954 g/mol. The molecule has 63 heavy (non-hydrogen) atoms. The Bertz CT molecular complexity index is 2810. The van der Waals surface area contributed by atoms with Crippen LogP contribution in [0.4, 0.5) is 0 Å². The first-order valence-electron chi connectivity index (χ1n) is 21.8. The SMILES string of the molecule is CCCC1=Cc2c(-c3c4ccccc4cc4ccccc34)cccc2C1c1[c-]c(C(C)(C)C)cc2c1Cc1ccc(C(C)(C)C)cc1-2.[Cl-].[Cl-].[Zr+3].c1ccc([Si]c2ccccc2)cc1. The van der Waals surface area contributed by atoms with Gasteiger partial charge in [0.1, 0.15) is 9.52 Å². The summed E-state index contributed by atoms with van der Waals surface area (Å²) in [5.41, 5.74) is 17.0. The smallest absolute Gasteiger partial charge is 1.00 e. The van der Waals surface area contributed by atoms with Gasteiger partial charge in [-0.05, 0) is 90.2 Å². The summed E-state index contributed by atoms with van der Waals surface area (Å²) in [5.74, 6) is 0.207. The van der Waals surface area contributed by atoms with Crippen molar-refractivity contribution < 1.29 is 51.0 Å². The molecule has 0 nitrogen and oxygen atoms in total. The number of hydrogen-bond donors (Lipinski definition) is 0. The van der Waals surface area contributed by atoms with Crippen molar-refractivity contribution in [3.8, 4) is 22.3 Å². The van der Waals surface area contributed by atoms with E-state index in [1.54, 1.807) is 0 Å². The molecule has 0 amide bonds. The Hall–Kier alpha value is -4.30. The Morgan fingerprint density at radius 2 is 1.17 bits per heavy atom. The molecule has 0 saturated heterocycles.